The van der Waals surface area contributed by atoms with Crippen LogP contribution in [-0.2, 0) is 4.79 Å². The molecule has 1 atom stereocenters. The first-order chi connectivity index (χ1) is 9.65. The van der Waals surface area contributed by atoms with E-state index in [4.69, 9.17) is 5.73 Å². The first kappa shape index (κ1) is 12.7. The summed E-state index contributed by atoms with van der Waals surface area (Å²) < 4.78 is 0. The number of benzene rings is 1. The van der Waals surface area contributed by atoms with Crippen LogP contribution in [0.25, 0.3) is 10.9 Å². The fourth-order valence-corrected chi connectivity index (χ4v) is 2.65. The van der Waals surface area contributed by atoms with E-state index in [-0.39, 0.29) is 17.7 Å². The number of carbonyl (C=O) groups is 2. The number of amides is 2. The second kappa shape index (κ2) is 4.96. The van der Waals surface area contributed by atoms with E-state index in [9.17, 15) is 9.59 Å². The second-order valence-electron chi connectivity index (χ2n) is 5.16. The topological polar surface area (TPSA) is 92.1 Å². The molecule has 3 rings (SSSR count). The van der Waals surface area contributed by atoms with Crippen LogP contribution in [0.3, 0.4) is 0 Å². The Balaban J connectivity index is 1.82. The molecule has 2 heterocycles. The third-order valence-corrected chi connectivity index (χ3v) is 3.80. The highest BCUT2D eigenvalue weighted by Crippen LogP contribution is 2.20. The molecule has 1 aliphatic heterocycles. The fraction of sp³-hybridized carbons (Fsp3) is 0.357. The molecular weight excluding hydrogens is 256 g/mol. The number of hydrogen-bond donors (Lipinski definition) is 2. The van der Waals surface area contributed by atoms with Gasteiger partial charge in [-0.25, -0.2) is 0 Å². The number of nitrogens with two attached hydrogens (primary N) is 1. The number of piperidine rings is 1. The van der Waals surface area contributed by atoms with Crippen molar-refractivity contribution in [1.82, 2.24) is 15.1 Å². The number of hydrogen-bond acceptors (Lipinski definition) is 3. The summed E-state index contributed by atoms with van der Waals surface area (Å²) >= 11 is 0. The molecule has 1 saturated heterocycles. The highest BCUT2D eigenvalue weighted by Gasteiger charge is 2.27. The summed E-state index contributed by atoms with van der Waals surface area (Å²) in [7, 11) is 0. The molecule has 0 spiro atoms. The number of nitrogens with one attached hydrogen (secondary N) is 1. The van der Waals surface area contributed by atoms with Gasteiger partial charge in [0.2, 0.25) is 5.91 Å². The summed E-state index contributed by atoms with van der Waals surface area (Å²) in [5, 5.41) is 7.76. The predicted molar refractivity (Wildman–Crippen MR) is 73.9 cm³/mol. The molecule has 0 bridgehead atoms. The lowest BCUT2D eigenvalue weighted by Crippen LogP contribution is -2.44. The summed E-state index contributed by atoms with van der Waals surface area (Å²) in [6, 6.07) is 5.44. The van der Waals surface area contributed by atoms with Gasteiger partial charge in [-0.05, 0) is 25.0 Å². The minimum Gasteiger partial charge on any atom is -0.369 e. The van der Waals surface area contributed by atoms with Crippen LogP contribution >= 0.6 is 0 Å². The molecule has 1 aliphatic rings. The van der Waals surface area contributed by atoms with Gasteiger partial charge in [-0.2, -0.15) is 5.10 Å². The van der Waals surface area contributed by atoms with E-state index < -0.39 is 0 Å². The third-order valence-electron chi connectivity index (χ3n) is 3.80. The number of H-pyrrole nitrogens is 1. The molecule has 1 unspecified atom stereocenters. The van der Waals surface area contributed by atoms with Crippen LogP contribution in [0, 0.1) is 5.92 Å². The number of nitrogens with zero attached hydrogens (tertiary/aromatic N) is 2. The molecule has 0 radical (unpaired) electrons. The van der Waals surface area contributed by atoms with Crippen LogP contribution in [0.5, 0.6) is 0 Å². The van der Waals surface area contributed by atoms with Crippen molar-refractivity contribution in [3.05, 3.63) is 30.0 Å². The first-order valence-electron chi connectivity index (χ1n) is 6.67. The minimum absolute atomic E-state index is 0.0625. The van der Waals surface area contributed by atoms with E-state index in [0.29, 0.717) is 18.7 Å². The van der Waals surface area contributed by atoms with Crippen molar-refractivity contribution in [1.29, 1.82) is 0 Å². The van der Waals surface area contributed by atoms with Crippen LogP contribution in [-0.4, -0.2) is 40.0 Å². The number of aromatic amines is 1. The van der Waals surface area contributed by atoms with Crippen molar-refractivity contribution in [2.45, 2.75) is 12.8 Å². The number of fused-ring (bicyclic) bond motifs is 1. The average Bonchev–Trinajstić information content (AvgIpc) is 2.94. The summed E-state index contributed by atoms with van der Waals surface area (Å²) in [4.78, 5) is 25.4. The molecule has 2 aromatic rings. The van der Waals surface area contributed by atoms with Crippen molar-refractivity contribution in [2.75, 3.05) is 13.1 Å². The smallest absolute Gasteiger partial charge is 0.253 e. The Morgan fingerprint density at radius 2 is 2.25 bits per heavy atom. The van der Waals surface area contributed by atoms with E-state index in [0.717, 1.165) is 23.7 Å². The van der Waals surface area contributed by atoms with Gasteiger partial charge in [0, 0.05) is 24.0 Å². The number of primary amides is 1. The summed E-state index contributed by atoms with van der Waals surface area (Å²) in [6.07, 6.45) is 3.29. The second-order valence-corrected chi connectivity index (χ2v) is 5.16. The van der Waals surface area contributed by atoms with Gasteiger partial charge >= 0.3 is 0 Å². The lowest BCUT2D eigenvalue weighted by atomic mass is 9.97. The Bertz CT molecular complexity index is 664. The predicted octanol–water partition coefficient (Wildman–Crippen LogP) is 0.900. The SMILES string of the molecule is NC(=O)C1CCCN(C(=O)c2ccc3cn[nH]c3c2)C1. The van der Waals surface area contributed by atoms with Gasteiger partial charge < -0.3 is 10.6 Å². The molecule has 3 N–H and O–H groups in total. The molecular formula is C14H16N4O2. The zero-order valence-corrected chi connectivity index (χ0v) is 11.0. The van der Waals surface area contributed by atoms with Crippen molar-refractivity contribution in [3.63, 3.8) is 0 Å². The highest BCUT2D eigenvalue weighted by atomic mass is 16.2. The summed E-state index contributed by atoms with van der Waals surface area (Å²) in [6.45, 7) is 1.08. The normalized spacial score (nSPS) is 19.2. The number of likely N-dealkylation sites (tertiary alicyclic amines) is 1. The van der Waals surface area contributed by atoms with E-state index in [1.165, 1.54) is 0 Å². The Kier molecular flexibility index (Phi) is 3.14. The Labute approximate surface area is 115 Å². The maximum absolute atomic E-state index is 12.5. The van der Waals surface area contributed by atoms with Crippen LogP contribution in [0.1, 0.15) is 23.2 Å². The maximum atomic E-state index is 12.5. The molecule has 1 aromatic carbocycles. The van der Waals surface area contributed by atoms with Gasteiger partial charge in [0.05, 0.1) is 17.6 Å². The number of carbonyl (C=O) groups excluding carboxylic acids is 2. The van der Waals surface area contributed by atoms with Crippen molar-refractivity contribution in [2.24, 2.45) is 11.7 Å². The zero-order chi connectivity index (χ0) is 14.1. The molecule has 6 nitrogen and oxygen atoms in total. The largest absolute Gasteiger partial charge is 0.369 e. The third kappa shape index (κ3) is 2.24. The van der Waals surface area contributed by atoms with E-state index in [1.807, 2.05) is 6.07 Å². The van der Waals surface area contributed by atoms with Gasteiger partial charge in [-0.1, -0.05) is 6.07 Å². The van der Waals surface area contributed by atoms with Crippen LogP contribution in [0.2, 0.25) is 0 Å². The Morgan fingerprint density at radius 1 is 1.40 bits per heavy atom. The van der Waals surface area contributed by atoms with E-state index in [1.54, 1.807) is 23.2 Å². The van der Waals surface area contributed by atoms with Gasteiger partial charge in [0.25, 0.3) is 5.91 Å². The molecule has 20 heavy (non-hydrogen) atoms. The number of rotatable bonds is 2. The summed E-state index contributed by atoms with van der Waals surface area (Å²) in [5.41, 5.74) is 6.77. The van der Waals surface area contributed by atoms with E-state index >= 15 is 0 Å². The lowest BCUT2D eigenvalue weighted by Gasteiger charge is -2.31. The quantitative estimate of drug-likeness (QED) is 0.850. The highest BCUT2D eigenvalue weighted by molar-refractivity contribution is 5.98. The monoisotopic (exact) mass is 272 g/mol. The molecule has 1 aromatic heterocycles. The van der Waals surface area contributed by atoms with Crippen molar-refractivity contribution >= 4 is 22.7 Å². The van der Waals surface area contributed by atoms with Crippen molar-refractivity contribution in [3.8, 4) is 0 Å². The van der Waals surface area contributed by atoms with E-state index in [2.05, 4.69) is 10.2 Å². The molecule has 1 fully saturated rings. The minimum atomic E-state index is -0.327. The zero-order valence-electron chi connectivity index (χ0n) is 11.0. The summed E-state index contributed by atoms with van der Waals surface area (Å²) in [5.74, 6) is -0.623. The standard InChI is InChI=1S/C14H16N4O2/c15-13(19)11-2-1-5-18(8-11)14(20)9-3-4-10-7-16-17-12(10)6-9/h3-4,6-7,11H,1-2,5,8H2,(H2,15,19)(H,16,17). The Morgan fingerprint density at radius 3 is 3.05 bits per heavy atom. The molecule has 2 amide bonds. The van der Waals surface area contributed by atoms with Gasteiger partial charge in [-0.15, -0.1) is 0 Å². The van der Waals surface area contributed by atoms with Gasteiger partial charge in [0.15, 0.2) is 0 Å². The Hall–Kier alpha value is -2.37. The van der Waals surface area contributed by atoms with Gasteiger partial charge in [0.1, 0.15) is 0 Å². The fourth-order valence-electron chi connectivity index (χ4n) is 2.65. The van der Waals surface area contributed by atoms with Crippen LogP contribution in [0.4, 0.5) is 0 Å². The first-order valence-corrected chi connectivity index (χ1v) is 6.67. The molecule has 104 valence electrons. The van der Waals surface area contributed by atoms with Crippen molar-refractivity contribution < 1.29 is 9.59 Å². The number of aromatic nitrogens is 2. The molecule has 6 heteroatoms. The molecule has 0 saturated carbocycles. The van der Waals surface area contributed by atoms with Gasteiger partial charge in [-0.3, -0.25) is 14.7 Å². The maximum Gasteiger partial charge on any atom is 0.253 e. The lowest BCUT2D eigenvalue weighted by molar-refractivity contribution is -0.123. The van der Waals surface area contributed by atoms with Crippen LogP contribution in [0.15, 0.2) is 24.4 Å². The van der Waals surface area contributed by atoms with Crippen LogP contribution < -0.4 is 5.73 Å². The molecule has 0 aliphatic carbocycles. The average molecular weight is 272 g/mol.